The van der Waals surface area contributed by atoms with E-state index in [0.717, 1.165) is 54.2 Å². The summed E-state index contributed by atoms with van der Waals surface area (Å²) in [6.45, 7) is 13.5. The average molecular weight is 611 g/mol. The quantitative estimate of drug-likeness (QED) is 0.283. The number of H-pyrrole nitrogens is 1. The molecule has 3 heterocycles. The number of imidazole rings is 1. The molecule has 1 aromatic heterocycles. The molecule has 0 unspecified atom stereocenters. The normalized spacial score (nSPS) is 18.2. The molecule has 5 rings (SSSR count). The highest BCUT2D eigenvalue weighted by atomic mass is 35.5. The second-order valence-electron chi connectivity index (χ2n) is 12.9. The van der Waals surface area contributed by atoms with Gasteiger partial charge >= 0.3 is 0 Å². The predicted octanol–water partition coefficient (Wildman–Crippen LogP) is 8.10. The number of hydrogen-bond acceptors (Lipinski definition) is 4. The Hall–Kier alpha value is -2.93. The van der Waals surface area contributed by atoms with Crippen molar-refractivity contribution >= 4 is 42.0 Å². The second-order valence-corrected chi connectivity index (χ2v) is 12.9. The number of aromatic nitrogens is 2. The lowest BCUT2D eigenvalue weighted by atomic mass is 9.83. The maximum atomic E-state index is 13.1. The maximum Gasteiger partial charge on any atom is 0.226 e. The van der Waals surface area contributed by atoms with Crippen LogP contribution in [-0.4, -0.2) is 39.1 Å². The molecule has 3 aromatic rings. The molecule has 2 aromatic carbocycles. The summed E-state index contributed by atoms with van der Waals surface area (Å²) in [6.07, 6.45) is 6.63. The van der Waals surface area contributed by atoms with Crippen LogP contribution in [0.4, 0.5) is 0 Å². The molecular weight excluding hydrogens is 565 g/mol. The van der Waals surface area contributed by atoms with Crippen LogP contribution in [0, 0.1) is 17.3 Å². The minimum Gasteiger partial charge on any atom is -0.340 e. The highest BCUT2D eigenvalue weighted by Gasteiger charge is 2.35. The third-order valence-corrected chi connectivity index (χ3v) is 8.67. The van der Waals surface area contributed by atoms with Crippen LogP contribution in [0.2, 0.25) is 0 Å². The van der Waals surface area contributed by atoms with Crippen LogP contribution in [-0.2, 0) is 4.79 Å². The lowest BCUT2D eigenvalue weighted by Crippen LogP contribution is -2.41. The number of rotatable bonds is 7. The Balaban J connectivity index is 0.00000242. The molecule has 1 saturated heterocycles. The van der Waals surface area contributed by atoms with E-state index in [0.29, 0.717) is 5.92 Å². The number of benzene rings is 2. The van der Waals surface area contributed by atoms with Crippen LogP contribution in [0.15, 0.2) is 65.9 Å². The zero-order chi connectivity index (χ0) is 28.6. The van der Waals surface area contributed by atoms with E-state index in [-0.39, 0.29) is 54.1 Å². The number of carbonyl (C=O) groups is 1. The van der Waals surface area contributed by atoms with Gasteiger partial charge in [-0.1, -0.05) is 90.1 Å². The number of amides is 1. The van der Waals surface area contributed by atoms with E-state index in [4.69, 9.17) is 10.7 Å². The number of likely N-dealkylation sites (tertiary alicyclic amines) is 1. The second kappa shape index (κ2) is 13.6. The zero-order valence-corrected chi connectivity index (χ0v) is 27.2. The molecule has 1 amide bonds. The summed E-state index contributed by atoms with van der Waals surface area (Å²) in [4.78, 5) is 27.9. The Morgan fingerprint density at radius 1 is 0.952 bits per heavy atom. The highest BCUT2D eigenvalue weighted by Crippen LogP contribution is 2.34. The summed E-state index contributed by atoms with van der Waals surface area (Å²) in [5, 5.41) is 0. The van der Waals surface area contributed by atoms with Gasteiger partial charge in [0.1, 0.15) is 5.82 Å². The monoisotopic (exact) mass is 609 g/mol. The van der Waals surface area contributed by atoms with Crippen molar-refractivity contribution in [2.75, 3.05) is 6.54 Å². The van der Waals surface area contributed by atoms with Gasteiger partial charge in [0.2, 0.25) is 5.91 Å². The van der Waals surface area contributed by atoms with Crippen molar-refractivity contribution in [1.29, 1.82) is 0 Å². The van der Waals surface area contributed by atoms with Crippen molar-refractivity contribution in [2.45, 2.75) is 72.9 Å². The summed E-state index contributed by atoms with van der Waals surface area (Å²) < 4.78 is 0. The molecule has 0 saturated carbocycles. The van der Waals surface area contributed by atoms with Crippen molar-refractivity contribution < 1.29 is 4.79 Å². The molecule has 2 aliphatic rings. The summed E-state index contributed by atoms with van der Waals surface area (Å²) in [6, 6.07) is 17.2. The van der Waals surface area contributed by atoms with E-state index >= 15 is 0 Å². The molecule has 0 radical (unpaired) electrons. The van der Waals surface area contributed by atoms with Crippen molar-refractivity contribution in [2.24, 2.45) is 28.0 Å². The van der Waals surface area contributed by atoms with Gasteiger partial charge < -0.3 is 15.6 Å². The largest absolute Gasteiger partial charge is 0.340 e. The SMILES string of the molecule is CC(C)[C@H](C)C(=O)N1CCC[C@H]1c1ncc(-c2ccc(-c3ccc(C4=CN=C([C@@H](N)C(C)(C)C)C4)cc3)cc2)[nH]1.Cl.Cl. The van der Waals surface area contributed by atoms with Crippen LogP contribution < -0.4 is 5.73 Å². The molecule has 6 nitrogen and oxygen atoms in total. The molecular formula is C34H45Cl2N5O. The fourth-order valence-electron chi connectivity index (χ4n) is 5.55. The number of allylic oxidation sites excluding steroid dienone is 1. The van der Waals surface area contributed by atoms with Gasteiger partial charge in [-0.3, -0.25) is 9.79 Å². The average Bonchev–Trinajstić information content (AvgIpc) is 3.72. The van der Waals surface area contributed by atoms with Crippen molar-refractivity contribution in [3.05, 3.63) is 72.3 Å². The Morgan fingerprint density at radius 2 is 1.52 bits per heavy atom. The van der Waals surface area contributed by atoms with Gasteiger partial charge in [-0.15, -0.1) is 24.8 Å². The van der Waals surface area contributed by atoms with Crippen LogP contribution >= 0.6 is 24.8 Å². The molecule has 3 N–H and O–H groups in total. The van der Waals surface area contributed by atoms with Gasteiger partial charge in [-0.25, -0.2) is 4.98 Å². The lowest BCUT2D eigenvalue weighted by molar-refractivity contribution is -0.137. The number of aromatic amines is 1. The van der Waals surface area contributed by atoms with E-state index in [2.05, 4.69) is 93.1 Å². The fourth-order valence-corrected chi connectivity index (χ4v) is 5.55. The molecule has 8 heteroatoms. The Labute approximate surface area is 263 Å². The van der Waals surface area contributed by atoms with E-state index in [1.54, 1.807) is 0 Å². The van der Waals surface area contributed by atoms with Gasteiger partial charge in [0.25, 0.3) is 0 Å². The van der Waals surface area contributed by atoms with Gasteiger partial charge in [0.15, 0.2) is 0 Å². The first kappa shape index (κ1) is 33.6. The van der Waals surface area contributed by atoms with E-state index in [1.807, 2.05) is 24.2 Å². The standard InChI is InChI=1S/C34H43N5O.2ClH/c1-21(2)22(3)33(40)39-17-7-8-30(39)32-37-20-29(38-32)26-15-13-24(14-16-26)23-9-11-25(12-10-23)27-18-28(36-19-27)31(35)34(4,5)6;;/h9-16,19-22,30-31H,7-8,17-18,35H2,1-6H3,(H,37,38);2*1H/t22-,30-,31+;;/m0../s1. The van der Waals surface area contributed by atoms with Crippen molar-refractivity contribution in [1.82, 2.24) is 14.9 Å². The first-order valence-electron chi connectivity index (χ1n) is 14.6. The minimum atomic E-state index is -0.0434. The Bertz CT molecular complexity index is 1420. The fraction of sp³-hybridized carbons (Fsp3) is 0.441. The van der Waals surface area contributed by atoms with Gasteiger partial charge in [-0.05, 0) is 52.0 Å². The first-order valence-corrected chi connectivity index (χ1v) is 14.6. The molecule has 0 spiro atoms. The molecule has 0 bridgehead atoms. The molecule has 3 atom stereocenters. The Morgan fingerprint density at radius 3 is 2.10 bits per heavy atom. The van der Waals surface area contributed by atoms with Crippen LogP contribution in [0.25, 0.3) is 28.0 Å². The number of aliphatic imine (C=N–C) groups is 1. The molecule has 1 fully saturated rings. The number of nitrogens with two attached hydrogens (primary N) is 1. The zero-order valence-electron chi connectivity index (χ0n) is 25.6. The van der Waals surface area contributed by atoms with Crippen LogP contribution in [0.5, 0.6) is 0 Å². The summed E-state index contributed by atoms with van der Waals surface area (Å²) in [5.41, 5.74) is 14.3. The van der Waals surface area contributed by atoms with Gasteiger partial charge in [0.05, 0.1) is 17.9 Å². The van der Waals surface area contributed by atoms with Gasteiger partial charge in [0, 0.05) is 36.8 Å². The molecule has 2 aliphatic heterocycles. The van der Waals surface area contributed by atoms with E-state index < -0.39 is 0 Å². The third kappa shape index (κ3) is 6.99. The van der Waals surface area contributed by atoms with Crippen LogP contribution in [0.1, 0.15) is 78.2 Å². The first-order chi connectivity index (χ1) is 19.0. The predicted molar refractivity (Wildman–Crippen MR) is 179 cm³/mol. The maximum absolute atomic E-state index is 13.1. The number of nitrogens with one attached hydrogen (secondary N) is 1. The molecule has 0 aliphatic carbocycles. The van der Waals surface area contributed by atoms with Crippen molar-refractivity contribution in [3.63, 3.8) is 0 Å². The number of nitrogens with zero attached hydrogens (tertiary/aromatic N) is 3. The Kier molecular flexibility index (Phi) is 10.9. The molecule has 226 valence electrons. The smallest absolute Gasteiger partial charge is 0.226 e. The third-order valence-electron chi connectivity index (χ3n) is 8.67. The van der Waals surface area contributed by atoms with E-state index in [9.17, 15) is 4.79 Å². The van der Waals surface area contributed by atoms with Crippen LogP contribution in [0.3, 0.4) is 0 Å². The number of hydrogen-bond donors (Lipinski definition) is 2. The minimum absolute atomic E-state index is 0. The number of halogens is 2. The van der Waals surface area contributed by atoms with Crippen molar-refractivity contribution in [3.8, 4) is 22.4 Å². The molecule has 42 heavy (non-hydrogen) atoms. The van der Waals surface area contributed by atoms with E-state index in [1.165, 1.54) is 16.7 Å². The number of carbonyl (C=O) groups excluding carboxylic acids is 1. The topological polar surface area (TPSA) is 87.4 Å². The van der Waals surface area contributed by atoms with Gasteiger partial charge in [-0.2, -0.15) is 0 Å². The summed E-state index contributed by atoms with van der Waals surface area (Å²) >= 11 is 0. The summed E-state index contributed by atoms with van der Waals surface area (Å²) in [7, 11) is 0. The highest BCUT2D eigenvalue weighted by molar-refractivity contribution is 6.01. The lowest BCUT2D eigenvalue weighted by Gasteiger charge is -2.27. The summed E-state index contributed by atoms with van der Waals surface area (Å²) in [5.74, 6) is 1.46.